The van der Waals surface area contributed by atoms with Gasteiger partial charge in [-0.15, -0.1) is 0 Å². The Kier molecular flexibility index (Phi) is 9.63. The molecule has 3 nitrogen and oxygen atoms in total. The number of ether oxygens (including phenoxy) is 2. The summed E-state index contributed by atoms with van der Waals surface area (Å²) in [5.74, 6) is 1.12. The minimum Gasteiger partial charge on any atom is -0.494 e. The zero-order valence-corrected chi connectivity index (χ0v) is 16.0. The summed E-state index contributed by atoms with van der Waals surface area (Å²) >= 11 is 0. The van der Waals surface area contributed by atoms with E-state index in [9.17, 15) is 4.79 Å². The number of allylic oxidation sites excluding steroid dienone is 3. The van der Waals surface area contributed by atoms with Crippen LogP contribution in [-0.2, 0) is 4.74 Å². The van der Waals surface area contributed by atoms with Gasteiger partial charge in [-0.1, -0.05) is 57.9 Å². The van der Waals surface area contributed by atoms with Crippen LogP contribution in [0.25, 0.3) is 0 Å². The molecule has 26 heavy (non-hydrogen) atoms. The molecule has 142 valence electrons. The molecule has 0 fully saturated rings. The maximum absolute atomic E-state index is 12.1. The van der Waals surface area contributed by atoms with Crippen LogP contribution in [0.3, 0.4) is 0 Å². The molecular weight excluding hydrogens is 324 g/mol. The van der Waals surface area contributed by atoms with E-state index in [1.165, 1.54) is 44.9 Å². The molecule has 0 aromatic heterocycles. The van der Waals surface area contributed by atoms with Crippen LogP contribution in [0.2, 0.25) is 0 Å². The predicted octanol–water partition coefficient (Wildman–Crippen LogP) is 6.60. The standard InChI is InChI=1S/C23H32O3/c1-2-3-4-5-6-7-8-12-19-25-21-17-15-20(16-18-21)23(24)26-22-13-10-9-11-14-22/h10,13-18H,2-9,11-12,19H2,1H3. The van der Waals surface area contributed by atoms with Crippen LogP contribution in [0, 0.1) is 0 Å². The predicted molar refractivity (Wildman–Crippen MR) is 106 cm³/mol. The molecule has 0 unspecified atom stereocenters. The molecule has 1 aromatic rings. The second-order valence-corrected chi connectivity index (χ2v) is 6.82. The summed E-state index contributed by atoms with van der Waals surface area (Å²) in [6, 6.07) is 7.20. The first-order valence-corrected chi connectivity index (χ1v) is 10.1. The fourth-order valence-electron chi connectivity index (χ4n) is 2.94. The molecule has 0 saturated heterocycles. The van der Waals surface area contributed by atoms with E-state index >= 15 is 0 Å². The van der Waals surface area contributed by atoms with E-state index in [-0.39, 0.29) is 5.97 Å². The molecule has 0 radical (unpaired) electrons. The summed E-state index contributed by atoms with van der Waals surface area (Å²) in [5.41, 5.74) is 0.546. The third-order valence-corrected chi connectivity index (χ3v) is 4.53. The smallest absolute Gasteiger partial charge is 0.343 e. The Morgan fingerprint density at radius 1 is 0.923 bits per heavy atom. The van der Waals surface area contributed by atoms with Gasteiger partial charge in [0.05, 0.1) is 12.2 Å². The minimum absolute atomic E-state index is 0.322. The lowest BCUT2D eigenvalue weighted by Gasteiger charge is -2.09. The second-order valence-electron chi connectivity index (χ2n) is 6.82. The van der Waals surface area contributed by atoms with E-state index in [2.05, 4.69) is 6.92 Å². The molecule has 0 spiro atoms. The van der Waals surface area contributed by atoms with Crippen molar-refractivity contribution in [2.45, 2.75) is 71.1 Å². The van der Waals surface area contributed by atoms with Crippen molar-refractivity contribution in [3.63, 3.8) is 0 Å². The third kappa shape index (κ3) is 7.90. The first kappa shape index (κ1) is 20.3. The molecule has 2 rings (SSSR count). The van der Waals surface area contributed by atoms with Crippen molar-refractivity contribution in [3.05, 3.63) is 53.8 Å². The molecule has 1 aliphatic rings. The van der Waals surface area contributed by atoms with Gasteiger partial charge < -0.3 is 9.47 Å². The van der Waals surface area contributed by atoms with Crippen molar-refractivity contribution in [2.75, 3.05) is 6.61 Å². The Balaban J connectivity index is 1.60. The van der Waals surface area contributed by atoms with Gasteiger partial charge in [0.15, 0.2) is 0 Å². The maximum Gasteiger partial charge on any atom is 0.343 e. The Labute approximate surface area is 158 Å². The van der Waals surface area contributed by atoms with E-state index < -0.39 is 0 Å². The zero-order chi connectivity index (χ0) is 18.5. The van der Waals surface area contributed by atoms with Gasteiger partial charge in [0.1, 0.15) is 11.5 Å². The Morgan fingerprint density at radius 3 is 2.27 bits per heavy atom. The first-order chi connectivity index (χ1) is 12.8. The van der Waals surface area contributed by atoms with Crippen LogP contribution < -0.4 is 4.74 Å². The number of carbonyl (C=O) groups excluding carboxylic acids is 1. The van der Waals surface area contributed by atoms with Gasteiger partial charge in [-0.05, 0) is 55.7 Å². The van der Waals surface area contributed by atoms with Crippen molar-refractivity contribution in [2.24, 2.45) is 0 Å². The van der Waals surface area contributed by atoms with Gasteiger partial charge in [0, 0.05) is 0 Å². The van der Waals surface area contributed by atoms with Gasteiger partial charge in [-0.2, -0.15) is 0 Å². The number of benzene rings is 1. The number of hydrogen-bond donors (Lipinski definition) is 0. The van der Waals surface area contributed by atoms with E-state index in [1.807, 2.05) is 30.4 Å². The molecule has 0 N–H and O–H groups in total. The van der Waals surface area contributed by atoms with Crippen LogP contribution >= 0.6 is 0 Å². The van der Waals surface area contributed by atoms with E-state index in [0.29, 0.717) is 11.3 Å². The van der Waals surface area contributed by atoms with Crippen LogP contribution in [0.4, 0.5) is 0 Å². The fourth-order valence-corrected chi connectivity index (χ4v) is 2.94. The van der Waals surface area contributed by atoms with E-state index in [1.54, 1.807) is 12.1 Å². The minimum atomic E-state index is -0.322. The van der Waals surface area contributed by atoms with Crippen molar-refractivity contribution in [1.29, 1.82) is 0 Å². The lowest BCUT2D eigenvalue weighted by molar-refractivity contribution is 0.0635. The molecule has 3 heteroatoms. The highest BCUT2D eigenvalue weighted by molar-refractivity contribution is 5.90. The Morgan fingerprint density at radius 2 is 1.62 bits per heavy atom. The van der Waals surface area contributed by atoms with Crippen LogP contribution in [0.1, 0.15) is 81.5 Å². The van der Waals surface area contributed by atoms with Gasteiger partial charge in [-0.25, -0.2) is 4.79 Å². The van der Waals surface area contributed by atoms with Crippen LogP contribution in [-0.4, -0.2) is 12.6 Å². The van der Waals surface area contributed by atoms with Gasteiger partial charge in [0.25, 0.3) is 0 Å². The molecule has 0 heterocycles. The second kappa shape index (κ2) is 12.3. The SMILES string of the molecule is CCCCCCCCCCOc1ccc(C(=O)OC2=CCCC=C2)cc1. The van der Waals surface area contributed by atoms with Gasteiger partial charge >= 0.3 is 5.97 Å². The van der Waals surface area contributed by atoms with Crippen molar-refractivity contribution >= 4 is 5.97 Å². The molecule has 0 amide bonds. The molecular formula is C23H32O3. The molecule has 0 atom stereocenters. The highest BCUT2D eigenvalue weighted by Gasteiger charge is 2.10. The molecule has 0 saturated carbocycles. The Hall–Kier alpha value is -2.03. The normalized spacial score (nSPS) is 13.3. The number of rotatable bonds is 12. The van der Waals surface area contributed by atoms with Gasteiger partial charge in [-0.3, -0.25) is 0 Å². The highest BCUT2D eigenvalue weighted by Crippen LogP contribution is 2.17. The van der Waals surface area contributed by atoms with Crippen LogP contribution in [0.5, 0.6) is 5.75 Å². The number of esters is 1. The van der Waals surface area contributed by atoms with Crippen LogP contribution in [0.15, 0.2) is 48.3 Å². The molecule has 1 aromatic carbocycles. The lowest BCUT2D eigenvalue weighted by Crippen LogP contribution is -2.05. The average molecular weight is 357 g/mol. The quantitative estimate of drug-likeness (QED) is 0.313. The van der Waals surface area contributed by atoms with Crippen molar-refractivity contribution in [1.82, 2.24) is 0 Å². The number of unbranched alkanes of at least 4 members (excludes halogenated alkanes) is 7. The topological polar surface area (TPSA) is 35.5 Å². The lowest BCUT2D eigenvalue weighted by atomic mass is 10.1. The summed E-state index contributed by atoms with van der Waals surface area (Å²) in [4.78, 5) is 12.1. The molecule has 1 aliphatic carbocycles. The zero-order valence-electron chi connectivity index (χ0n) is 16.0. The Bertz CT molecular complexity index is 584. The summed E-state index contributed by atoms with van der Waals surface area (Å²) in [5, 5.41) is 0. The third-order valence-electron chi connectivity index (χ3n) is 4.53. The summed E-state index contributed by atoms with van der Waals surface area (Å²) < 4.78 is 11.1. The van der Waals surface area contributed by atoms with E-state index in [4.69, 9.17) is 9.47 Å². The first-order valence-electron chi connectivity index (χ1n) is 10.1. The van der Waals surface area contributed by atoms with Crippen molar-refractivity contribution < 1.29 is 14.3 Å². The number of carbonyl (C=O) groups is 1. The average Bonchev–Trinajstić information content (AvgIpc) is 2.68. The molecule has 0 aliphatic heterocycles. The summed E-state index contributed by atoms with van der Waals surface area (Å²) in [6.45, 7) is 2.98. The largest absolute Gasteiger partial charge is 0.494 e. The summed E-state index contributed by atoms with van der Waals surface area (Å²) in [6.07, 6.45) is 18.1. The van der Waals surface area contributed by atoms with Crippen molar-refractivity contribution in [3.8, 4) is 5.75 Å². The van der Waals surface area contributed by atoms with E-state index in [0.717, 1.165) is 31.6 Å². The van der Waals surface area contributed by atoms with Gasteiger partial charge in [0.2, 0.25) is 0 Å². The monoisotopic (exact) mass is 356 g/mol. The maximum atomic E-state index is 12.1. The highest BCUT2D eigenvalue weighted by atomic mass is 16.5. The summed E-state index contributed by atoms with van der Waals surface area (Å²) in [7, 11) is 0. The number of hydrogen-bond acceptors (Lipinski definition) is 3. The fraction of sp³-hybridized carbons (Fsp3) is 0.522. The molecule has 0 bridgehead atoms.